The smallest absolute Gasteiger partial charge is 0.322 e. The molecule has 2 N–H and O–H groups in total. The van der Waals surface area contributed by atoms with E-state index in [9.17, 15) is 9.18 Å². The predicted octanol–water partition coefficient (Wildman–Crippen LogP) is 3.85. The minimum Gasteiger partial charge on any atom is -0.461 e. The Kier molecular flexibility index (Phi) is 5.73. The first-order valence-electron chi connectivity index (χ1n) is 8.08. The summed E-state index contributed by atoms with van der Waals surface area (Å²) >= 11 is 0. The van der Waals surface area contributed by atoms with Gasteiger partial charge < -0.3 is 10.5 Å². The van der Waals surface area contributed by atoms with Crippen LogP contribution in [0.4, 0.5) is 4.39 Å². The summed E-state index contributed by atoms with van der Waals surface area (Å²) in [5, 5.41) is 0. The summed E-state index contributed by atoms with van der Waals surface area (Å²) in [6, 6.07) is 12.1. The van der Waals surface area contributed by atoms with E-state index in [1.54, 1.807) is 13.0 Å². The van der Waals surface area contributed by atoms with Gasteiger partial charge in [-0.2, -0.15) is 0 Å². The number of ether oxygens (including phenoxy) is 1. The number of carbonyl (C=O) groups excluding carboxylic acids is 1. The zero-order chi connectivity index (χ0) is 17.9. The first kappa shape index (κ1) is 18.1. The van der Waals surface area contributed by atoms with Gasteiger partial charge in [-0.05, 0) is 56.5 Å². The Labute approximate surface area is 142 Å². The Morgan fingerprint density at radius 2 is 1.71 bits per heavy atom. The topological polar surface area (TPSA) is 52.3 Å². The fraction of sp³-hybridized carbons (Fsp3) is 0.350. The van der Waals surface area contributed by atoms with E-state index in [0.717, 1.165) is 22.3 Å². The second kappa shape index (κ2) is 7.58. The van der Waals surface area contributed by atoms with Gasteiger partial charge in [0.1, 0.15) is 18.0 Å². The molecule has 0 heterocycles. The predicted molar refractivity (Wildman–Crippen MR) is 93.4 cm³/mol. The molecule has 128 valence electrons. The van der Waals surface area contributed by atoms with E-state index in [2.05, 4.69) is 0 Å². The summed E-state index contributed by atoms with van der Waals surface area (Å²) in [4.78, 5) is 11.9. The maximum atomic E-state index is 13.5. The monoisotopic (exact) mass is 329 g/mol. The van der Waals surface area contributed by atoms with Gasteiger partial charge in [0.15, 0.2) is 0 Å². The van der Waals surface area contributed by atoms with Crippen LogP contribution in [0.2, 0.25) is 0 Å². The molecule has 3 atom stereocenters. The van der Waals surface area contributed by atoms with E-state index in [-0.39, 0.29) is 11.7 Å². The fourth-order valence-corrected chi connectivity index (χ4v) is 2.82. The average molecular weight is 329 g/mol. The normalized spacial score (nSPS) is 14.8. The number of halogens is 1. The average Bonchev–Trinajstić information content (AvgIpc) is 2.51. The van der Waals surface area contributed by atoms with Crippen molar-refractivity contribution in [2.45, 2.75) is 45.8 Å². The number of benzene rings is 2. The Morgan fingerprint density at radius 1 is 1.08 bits per heavy atom. The second-order valence-electron chi connectivity index (χ2n) is 6.32. The molecule has 0 aromatic heterocycles. The van der Waals surface area contributed by atoms with Crippen molar-refractivity contribution in [1.82, 2.24) is 0 Å². The van der Waals surface area contributed by atoms with Gasteiger partial charge in [0, 0.05) is 5.92 Å². The minimum atomic E-state index is -0.680. The summed E-state index contributed by atoms with van der Waals surface area (Å²) in [7, 11) is 0. The Hall–Kier alpha value is -2.20. The van der Waals surface area contributed by atoms with Gasteiger partial charge in [0.25, 0.3) is 0 Å². The lowest BCUT2D eigenvalue weighted by atomic mass is 9.84. The summed E-state index contributed by atoms with van der Waals surface area (Å²) in [6.07, 6.45) is -0.421. The molecule has 0 bridgehead atoms. The SMILES string of the molecule is Cc1ccc([C@@H](c2ccc(F)cc2C)[C@H](C)OC(=O)[C@H](C)N)cc1. The summed E-state index contributed by atoms with van der Waals surface area (Å²) in [5.41, 5.74) is 9.53. The Morgan fingerprint density at radius 3 is 2.25 bits per heavy atom. The molecule has 0 spiro atoms. The van der Waals surface area contributed by atoms with Gasteiger partial charge in [-0.25, -0.2) is 4.39 Å². The van der Waals surface area contributed by atoms with Crippen molar-refractivity contribution >= 4 is 5.97 Å². The Bertz CT molecular complexity index is 710. The third kappa shape index (κ3) is 4.20. The van der Waals surface area contributed by atoms with E-state index in [1.165, 1.54) is 12.1 Å². The third-order valence-electron chi connectivity index (χ3n) is 4.15. The fourth-order valence-electron chi connectivity index (χ4n) is 2.82. The molecule has 0 fully saturated rings. The molecule has 0 saturated carbocycles. The van der Waals surface area contributed by atoms with Crippen LogP contribution in [0.5, 0.6) is 0 Å². The van der Waals surface area contributed by atoms with Crippen molar-refractivity contribution in [1.29, 1.82) is 0 Å². The van der Waals surface area contributed by atoms with Gasteiger partial charge in [-0.1, -0.05) is 35.9 Å². The number of esters is 1. The van der Waals surface area contributed by atoms with Crippen LogP contribution in [0.1, 0.15) is 42.0 Å². The molecule has 2 aromatic rings. The highest BCUT2D eigenvalue weighted by molar-refractivity contribution is 5.75. The van der Waals surface area contributed by atoms with Crippen LogP contribution in [0, 0.1) is 19.7 Å². The van der Waals surface area contributed by atoms with E-state index < -0.39 is 18.1 Å². The summed E-state index contributed by atoms with van der Waals surface area (Å²) in [5.74, 6) is -0.910. The molecule has 0 amide bonds. The minimum absolute atomic E-state index is 0.186. The summed E-state index contributed by atoms with van der Waals surface area (Å²) < 4.78 is 19.0. The zero-order valence-corrected chi connectivity index (χ0v) is 14.5. The van der Waals surface area contributed by atoms with E-state index in [0.29, 0.717) is 0 Å². The van der Waals surface area contributed by atoms with Crippen LogP contribution in [0.25, 0.3) is 0 Å². The molecule has 0 aliphatic carbocycles. The maximum absolute atomic E-state index is 13.5. The van der Waals surface area contributed by atoms with Gasteiger partial charge in [0.2, 0.25) is 0 Å². The van der Waals surface area contributed by atoms with E-state index >= 15 is 0 Å². The second-order valence-corrected chi connectivity index (χ2v) is 6.32. The third-order valence-corrected chi connectivity index (χ3v) is 4.15. The molecule has 0 radical (unpaired) electrons. The van der Waals surface area contributed by atoms with Gasteiger partial charge in [0.05, 0.1) is 0 Å². The van der Waals surface area contributed by atoms with Crippen LogP contribution in [-0.4, -0.2) is 18.1 Å². The van der Waals surface area contributed by atoms with Crippen molar-refractivity contribution in [3.63, 3.8) is 0 Å². The molecule has 0 aliphatic rings. The van der Waals surface area contributed by atoms with Gasteiger partial charge >= 0.3 is 5.97 Å². The molecule has 0 saturated heterocycles. The van der Waals surface area contributed by atoms with Crippen LogP contribution in [0.3, 0.4) is 0 Å². The number of hydrogen-bond acceptors (Lipinski definition) is 3. The lowest BCUT2D eigenvalue weighted by Gasteiger charge is -2.27. The molecule has 2 aromatic carbocycles. The molecule has 3 nitrogen and oxygen atoms in total. The number of rotatable bonds is 5. The quantitative estimate of drug-likeness (QED) is 0.848. The standard InChI is InChI=1S/C20H24FNO2/c1-12-5-7-16(8-6-12)19(15(4)24-20(23)14(3)22)18-10-9-17(21)11-13(18)2/h5-11,14-15,19H,22H2,1-4H3/t14-,15-,19-/m0/s1. The summed E-state index contributed by atoms with van der Waals surface area (Å²) in [6.45, 7) is 7.31. The highest BCUT2D eigenvalue weighted by Gasteiger charge is 2.27. The number of hydrogen-bond donors (Lipinski definition) is 1. The van der Waals surface area contributed by atoms with Crippen LogP contribution in [0.15, 0.2) is 42.5 Å². The lowest BCUT2D eigenvalue weighted by molar-refractivity contribution is -0.149. The lowest BCUT2D eigenvalue weighted by Crippen LogP contribution is -2.34. The molecular weight excluding hydrogens is 305 g/mol. The van der Waals surface area contributed by atoms with Crippen LogP contribution >= 0.6 is 0 Å². The molecular formula is C20H24FNO2. The molecule has 0 unspecified atom stereocenters. The van der Waals surface area contributed by atoms with Crippen LogP contribution < -0.4 is 5.73 Å². The van der Waals surface area contributed by atoms with Crippen LogP contribution in [-0.2, 0) is 9.53 Å². The van der Waals surface area contributed by atoms with Gasteiger partial charge in [-0.15, -0.1) is 0 Å². The Balaban J connectivity index is 2.44. The molecule has 0 aliphatic heterocycles. The molecule has 24 heavy (non-hydrogen) atoms. The highest BCUT2D eigenvalue weighted by atomic mass is 19.1. The molecule has 4 heteroatoms. The van der Waals surface area contributed by atoms with Crippen molar-refractivity contribution < 1.29 is 13.9 Å². The van der Waals surface area contributed by atoms with E-state index in [1.807, 2.05) is 45.0 Å². The van der Waals surface area contributed by atoms with E-state index in [4.69, 9.17) is 10.5 Å². The van der Waals surface area contributed by atoms with Crippen molar-refractivity contribution in [3.8, 4) is 0 Å². The van der Waals surface area contributed by atoms with Crippen molar-refractivity contribution in [2.24, 2.45) is 5.73 Å². The first-order chi connectivity index (χ1) is 11.3. The number of nitrogens with two attached hydrogens (primary N) is 1. The number of aryl methyl sites for hydroxylation is 2. The number of carbonyl (C=O) groups is 1. The zero-order valence-electron chi connectivity index (χ0n) is 14.5. The van der Waals surface area contributed by atoms with Gasteiger partial charge in [-0.3, -0.25) is 4.79 Å². The highest BCUT2D eigenvalue weighted by Crippen LogP contribution is 2.32. The molecule has 2 rings (SSSR count). The maximum Gasteiger partial charge on any atom is 0.322 e. The first-order valence-corrected chi connectivity index (χ1v) is 8.08. The van der Waals surface area contributed by atoms with Crippen molar-refractivity contribution in [3.05, 3.63) is 70.5 Å². The largest absolute Gasteiger partial charge is 0.461 e. The van der Waals surface area contributed by atoms with Crippen molar-refractivity contribution in [2.75, 3.05) is 0 Å².